The van der Waals surface area contributed by atoms with Crippen LogP contribution in [0.3, 0.4) is 0 Å². The van der Waals surface area contributed by atoms with Crippen LogP contribution in [0.15, 0.2) is 0 Å². The number of unbranched alkanes of at least 4 members (excludes halogenated alkanes) is 43. The SMILES string of the molecule is CCC(C)CCCCCCCCCCCCC(=O)O[C@H](COC(=O)CCCCCCCCCCCCCCCC(C)C)COP(=O)(O)OC[C@@H](O)COP(=O)(O)OC[C@@H](COC(=O)CCCCCCCCC(C)CC)OC(=O)CCCCCCCCCCCCCCCCCCCCC(C)C. The molecule has 0 fully saturated rings. The van der Waals surface area contributed by atoms with Crippen LogP contribution in [0.4, 0.5) is 0 Å². The standard InChI is InChI=1S/C82H160O17P2/c1-9-74(7)60-52-44-36-30-26-27-33-39-49-57-65-82(87)98-77(68-92-79(84)62-54-46-37-31-24-21-17-19-23-29-35-43-51-59-73(5)6)70-96-100(88,89)94-66-76(83)67-95-101(90,91)97-71-78(69-93-80(85)63-55-47-41-40-45-53-61-75(8)10-2)99-81(86)64-56-48-38-32-25-20-16-14-12-11-13-15-18-22-28-34-42-50-58-72(3)4/h72-78,83H,9-71H2,1-8H3,(H,88,89)(H,90,91)/t74?,75?,76-,77-,78-/m1/s1. The van der Waals surface area contributed by atoms with Gasteiger partial charge in [0.2, 0.25) is 0 Å². The second-order valence-electron chi connectivity index (χ2n) is 31.0. The lowest BCUT2D eigenvalue weighted by Crippen LogP contribution is -2.30. The topological polar surface area (TPSA) is 237 Å². The van der Waals surface area contributed by atoms with Crippen molar-refractivity contribution in [1.82, 2.24) is 0 Å². The summed E-state index contributed by atoms with van der Waals surface area (Å²) in [5.74, 6) is 1.03. The van der Waals surface area contributed by atoms with E-state index < -0.39 is 97.5 Å². The van der Waals surface area contributed by atoms with E-state index in [0.29, 0.717) is 25.7 Å². The van der Waals surface area contributed by atoms with E-state index >= 15 is 0 Å². The molecule has 7 atom stereocenters. The highest BCUT2D eigenvalue weighted by atomic mass is 31.2. The summed E-state index contributed by atoms with van der Waals surface area (Å²) in [5.41, 5.74) is 0. The van der Waals surface area contributed by atoms with Gasteiger partial charge in [-0.25, -0.2) is 9.13 Å². The summed E-state index contributed by atoms with van der Waals surface area (Å²) in [4.78, 5) is 73.1. The van der Waals surface area contributed by atoms with Gasteiger partial charge in [-0.15, -0.1) is 0 Å². The number of carbonyl (C=O) groups excluding carboxylic acids is 4. The molecule has 0 aromatic carbocycles. The van der Waals surface area contributed by atoms with E-state index in [1.807, 2.05) is 0 Å². The van der Waals surface area contributed by atoms with Gasteiger partial charge in [0.25, 0.3) is 0 Å². The Morgan fingerprint density at radius 2 is 0.475 bits per heavy atom. The monoisotopic (exact) mass is 1480 g/mol. The predicted molar refractivity (Wildman–Crippen MR) is 414 cm³/mol. The van der Waals surface area contributed by atoms with Gasteiger partial charge in [0.05, 0.1) is 26.4 Å². The first-order valence-corrected chi connectivity index (χ1v) is 45.3. The number of aliphatic hydroxyl groups is 1. The molecule has 0 radical (unpaired) electrons. The minimum absolute atomic E-state index is 0.106. The van der Waals surface area contributed by atoms with Crippen molar-refractivity contribution in [2.45, 2.75) is 440 Å². The van der Waals surface area contributed by atoms with Gasteiger partial charge in [0, 0.05) is 25.7 Å². The minimum atomic E-state index is -4.96. The van der Waals surface area contributed by atoms with E-state index in [0.717, 1.165) is 120 Å². The van der Waals surface area contributed by atoms with Gasteiger partial charge >= 0.3 is 39.5 Å². The van der Waals surface area contributed by atoms with Crippen LogP contribution in [-0.4, -0.2) is 96.7 Å². The molecule has 0 aromatic heterocycles. The highest BCUT2D eigenvalue weighted by molar-refractivity contribution is 7.47. The number of ether oxygens (including phenoxy) is 4. The molecule has 0 rings (SSSR count). The van der Waals surface area contributed by atoms with Gasteiger partial charge in [0.1, 0.15) is 19.3 Å². The lowest BCUT2D eigenvalue weighted by molar-refractivity contribution is -0.161. The van der Waals surface area contributed by atoms with Gasteiger partial charge < -0.3 is 33.8 Å². The van der Waals surface area contributed by atoms with Gasteiger partial charge in [0.15, 0.2) is 12.2 Å². The van der Waals surface area contributed by atoms with E-state index in [1.54, 1.807) is 0 Å². The van der Waals surface area contributed by atoms with Crippen LogP contribution < -0.4 is 0 Å². The number of aliphatic hydroxyl groups excluding tert-OH is 1. The third kappa shape index (κ3) is 73.4. The van der Waals surface area contributed by atoms with E-state index in [9.17, 15) is 43.2 Å². The Morgan fingerprint density at radius 1 is 0.277 bits per heavy atom. The Bertz CT molecular complexity index is 1980. The molecule has 4 unspecified atom stereocenters. The van der Waals surface area contributed by atoms with Crippen molar-refractivity contribution in [3.8, 4) is 0 Å². The van der Waals surface area contributed by atoms with E-state index in [4.69, 9.17) is 37.0 Å². The van der Waals surface area contributed by atoms with Crippen molar-refractivity contribution < 1.29 is 80.2 Å². The van der Waals surface area contributed by atoms with Crippen LogP contribution in [0.1, 0.15) is 421 Å². The highest BCUT2D eigenvalue weighted by Crippen LogP contribution is 2.45. The Kier molecular flexibility index (Phi) is 69.6. The molecule has 17 nitrogen and oxygen atoms in total. The summed E-state index contributed by atoms with van der Waals surface area (Å²) >= 11 is 0. The smallest absolute Gasteiger partial charge is 0.462 e. The van der Waals surface area contributed by atoms with Gasteiger partial charge in [-0.2, -0.15) is 0 Å². The van der Waals surface area contributed by atoms with Gasteiger partial charge in [-0.3, -0.25) is 37.3 Å². The Balaban J connectivity index is 5.21. The molecule has 0 spiro atoms. The zero-order valence-electron chi connectivity index (χ0n) is 66.5. The molecule has 0 heterocycles. The van der Waals surface area contributed by atoms with E-state index in [-0.39, 0.29) is 25.7 Å². The van der Waals surface area contributed by atoms with Crippen molar-refractivity contribution in [3.63, 3.8) is 0 Å². The molecule has 600 valence electrons. The first-order chi connectivity index (χ1) is 48.7. The molecule has 0 aliphatic carbocycles. The molecule has 0 bridgehead atoms. The van der Waals surface area contributed by atoms with E-state index in [1.165, 1.54) is 218 Å². The lowest BCUT2D eigenvalue weighted by Gasteiger charge is -2.21. The summed E-state index contributed by atoms with van der Waals surface area (Å²) in [7, 11) is -9.92. The van der Waals surface area contributed by atoms with Gasteiger partial charge in [-0.1, -0.05) is 370 Å². The lowest BCUT2D eigenvalue weighted by atomic mass is 9.99. The van der Waals surface area contributed by atoms with Crippen LogP contribution in [0.2, 0.25) is 0 Å². The number of phosphoric ester groups is 2. The van der Waals surface area contributed by atoms with Crippen LogP contribution in [-0.2, 0) is 65.4 Å². The normalized spacial score (nSPS) is 14.5. The molecule has 0 aliphatic rings. The average molecular weight is 1480 g/mol. The quantitative estimate of drug-likeness (QED) is 0.0222. The fourth-order valence-electron chi connectivity index (χ4n) is 12.5. The first-order valence-electron chi connectivity index (χ1n) is 42.3. The van der Waals surface area contributed by atoms with Crippen molar-refractivity contribution in [3.05, 3.63) is 0 Å². The maximum Gasteiger partial charge on any atom is 0.472 e. The van der Waals surface area contributed by atoms with Crippen LogP contribution in [0.25, 0.3) is 0 Å². The molecule has 0 saturated carbocycles. The fraction of sp³-hybridized carbons (Fsp3) is 0.951. The maximum absolute atomic E-state index is 13.1. The van der Waals surface area contributed by atoms with Gasteiger partial charge in [-0.05, 0) is 49.4 Å². The zero-order chi connectivity index (χ0) is 74.6. The fourth-order valence-corrected chi connectivity index (χ4v) is 14.1. The van der Waals surface area contributed by atoms with E-state index in [2.05, 4.69) is 55.4 Å². The number of rotatable bonds is 79. The Labute approximate surface area is 619 Å². The molecule has 0 aromatic rings. The van der Waals surface area contributed by atoms with Crippen molar-refractivity contribution in [2.24, 2.45) is 23.7 Å². The molecule has 0 saturated heterocycles. The summed E-state index contributed by atoms with van der Waals surface area (Å²) in [5, 5.41) is 10.6. The molecule has 19 heteroatoms. The first kappa shape index (κ1) is 99.1. The summed E-state index contributed by atoms with van der Waals surface area (Å²) in [6.45, 7) is 14.3. The molecule has 3 N–H and O–H groups in total. The van der Waals surface area contributed by atoms with Crippen molar-refractivity contribution in [1.29, 1.82) is 0 Å². The van der Waals surface area contributed by atoms with Crippen LogP contribution >= 0.6 is 15.6 Å². The molecule has 0 amide bonds. The number of esters is 4. The molecule has 0 aliphatic heterocycles. The minimum Gasteiger partial charge on any atom is -0.462 e. The summed E-state index contributed by atoms with van der Waals surface area (Å²) < 4.78 is 68.7. The second kappa shape index (κ2) is 71.0. The largest absolute Gasteiger partial charge is 0.472 e. The number of carbonyl (C=O) groups is 4. The highest BCUT2D eigenvalue weighted by Gasteiger charge is 2.30. The number of phosphoric acid groups is 2. The van der Waals surface area contributed by atoms with Crippen LogP contribution in [0.5, 0.6) is 0 Å². The number of hydrogen-bond acceptors (Lipinski definition) is 15. The van der Waals surface area contributed by atoms with Crippen LogP contribution in [0, 0.1) is 23.7 Å². The third-order valence-corrected chi connectivity index (χ3v) is 21.7. The predicted octanol–water partition coefficient (Wildman–Crippen LogP) is 24.4. The second-order valence-corrected chi connectivity index (χ2v) is 33.9. The molecule has 101 heavy (non-hydrogen) atoms. The average Bonchev–Trinajstić information content (AvgIpc) is 0.958. The summed E-state index contributed by atoms with van der Waals surface area (Å²) in [6.07, 6.45) is 58.3. The summed E-state index contributed by atoms with van der Waals surface area (Å²) in [6, 6.07) is 0. The molecular formula is C82H160O17P2. The Morgan fingerprint density at radius 3 is 0.703 bits per heavy atom. The zero-order valence-corrected chi connectivity index (χ0v) is 68.3. The maximum atomic E-state index is 13.1. The van der Waals surface area contributed by atoms with Crippen molar-refractivity contribution >= 4 is 39.5 Å². The number of hydrogen-bond donors (Lipinski definition) is 3. The molecular weight excluding hydrogens is 1320 g/mol. The third-order valence-electron chi connectivity index (χ3n) is 19.8. The van der Waals surface area contributed by atoms with Crippen molar-refractivity contribution in [2.75, 3.05) is 39.6 Å². The Hall–Kier alpha value is -1.94.